The highest BCUT2D eigenvalue weighted by Gasteiger charge is 2.15. The van der Waals surface area contributed by atoms with Crippen molar-refractivity contribution >= 4 is 5.91 Å². The summed E-state index contributed by atoms with van der Waals surface area (Å²) in [6.45, 7) is 4.06. The maximum Gasteiger partial charge on any atom is 0.273 e. The van der Waals surface area contributed by atoms with Gasteiger partial charge in [-0.05, 0) is 36.6 Å². The molecule has 1 N–H and O–H groups in total. The molecule has 5 heteroatoms. The van der Waals surface area contributed by atoms with Gasteiger partial charge >= 0.3 is 0 Å². The first kappa shape index (κ1) is 15.9. The topological polar surface area (TPSA) is 59.8 Å². The summed E-state index contributed by atoms with van der Waals surface area (Å²) in [7, 11) is 0. The molecule has 5 nitrogen and oxygen atoms in total. The summed E-state index contributed by atoms with van der Waals surface area (Å²) >= 11 is 0. The Morgan fingerprint density at radius 1 is 1.12 bits per heavy atom. The minimum atomic E-state index is -0.234. The van der Waals surface area contributed by atoms with E-state index in [1.807, 2.05) is 61.5 Å². The van der Waals surface area contributed by atoms with E-state index in [0.29, 0.717) is 5.69 Å². The molecule has 0 saturated heterocycles. The summed E-state index contributed by atoms with van der Waals surface area (Å²) in [6, 6.07) is 17.8. The Balaban J connectivity index is 1.71. The van der Waals surface area contributed by atoms with Gasteiger partial charge in [-0.3, -0.25) is 4.79 Å². The van der Waals surface area contributed by atoms with E-state index in [1.165, 1.54) is 5.56 Å². The third kappa shape index (κ3) is 3.51. The number of aromatic nitrogens is 3. The predicted octanol–water partition coefficient (Wildman–Crippen LogP) is 3.32. The Labute approximate surface area is 141 Å². The third-order valence-corrected chi connectivity index (χ3v) is 3.98. The average molecular weight is 320 g/mol. The number of hydrogen-bond acceptors (Lipinski definition) is 3. The zero-order chi connectivity index (χ0) is 16.9. The van der Waals surface area contributed by atoms with E-state index in [4.69, 9.17) is 0 Å². The second-order valence-electron chi connectivity index (χ2n) is 5.67. The van der Waals surface area contributed by atoms with Crippen LogP contribution in [0.15, 0.2) is 60.8 Å². The highest BCUT2D eigenvalue weighted by atomic mass is 16.2. The summed E-state index contributed by atoms with van der Waals surface area (Å²) in [5, 5.41) is 11.0. The maximum atomic E-state index is 12.3. The van der Waals surface area contributed by atoms with Gasteiger partial charge in [0.15, 0.2) is 5.69 Å². The van der Waals surface area contributed by atoms with Gasteiger partial charge in [-0.2, -0.15) is 0 Å². The third-order valence-electron chi connectivity index (χ3n) is 3.98. The second kappa shape index (κ2) is 7.08. The molecule has 1 unspecified atom stereocenters. The summed E-state index contributed by atoms with van der Waals surface area (Å²) in [4.78, 5) is 12.3. The lowest BCUT2D eigenvalue weighted by Gasteiger charge is -2.12. The number of aryl methyl sites for hydroxylation is 1. The van der Waals surface area contributed by atoms with Crippen molar-refractivity contribution in [1.29, 1.82) is 0 Å². The molecular weight excluding hydrogens is 300 g/mol. The van der Waals surface area contributed by atoms with Crippen molar-refractivity contribution in [3.8, 4) is 5.69 Å². The van der Waals surface area contributed by atoms with Crippen LogP contribution in [0.25, 0.3) is 5.69 Å². The first-order valence-corrected chi connectivity index (χ1v) is 8.05. The Hall–Kier alpha value is -2.95. The van der Waals surface area contributed by atoms with Gasteiger partial charge in [-0.15, -0.1) is 5.10 Å². The van der Waals surface area contributed by atoms with Crippen LogP contribution >= 0.6 is 0 Å². The normalized spacial score (nSPS) is 11.9. The van der Waals surface area contributed by atoms with Crippen LogP contribution in [-0.2, 0) is 6.42 Å². The molecule has 0 saturated carbocycles. The number of benzene rings is 2. The molecule has 1 amide bonds. The maximum absolute atomic E-state index is 12.3. The monoisotopic (exact) mass is 320 g/mol. The number of nitrogens with one attached hydrogen (secondary N) is 1. The van der Waals surface area contributed by atoms with E-state index in [0.717, 1.165) is 17.7 Å². The number of amides is 1. The molecule has 0 aliphatic carbocycles. The number of carbonyl (C=O) groups excluding carboxylic acids is 1. The first-order valence-electron chi connectivity index (χ1n) is 8.05. The molecule has 0 aliphatic heterocycles. The van der Waals surface area contributed by atoms with Gasteiger partial charge in [0.2, 0.25) is 0 Å². The molecule has 3 aromatic rings. The molecule has 2 aromatic carbocycles. The largest absolute Gasteiger partial charge is 0.344 e. The molecular formula is C19H20N4O. The van der Waals surface area contributed by atoms with Crippen LogP contribution in [0.5, 0.6) is 0 Å². The van der Waals surface area contributed by atoms with E-state index < -0.39 is 0 Å². The number of hydrogen-bond donors (Lipinski definition) is 1. The van der Waals surface area contributed by atoms with Gasteiger partial charge in [-0.25, -0.2) is 4.68 Å². The fourth-order valence-corrected chi connectivity index (χ4v) is 2.47. The van der Waals surface area contributed by atoms with Crippen LogP contribution < -0.4 is 5.32 Å². The SMILES string of the molecule is CCc1ccc(-n2cc(C(=O)NC(C)c3ccccc3)nn2)cc1. The van der Waals surface area contributed by atoms with Crippen molar-refractivity contribution in [2.75, 3.05) is 0 Å². The molecule has 1 aromatic heterocycles. The molecule has 24 heavy (non-hydrogen) atoms. The van der Waals surface area contributed by atoms with Gasteiger partial charge in [-0.1, -0.05) is 54.6 Å². The van der Waals surface area contributed by atoms with Crippen LogP contribution in [0.3, 0.4) is 0 Å². The lowest BCUT2D eigenvalue weighted by molar-refractivity contribution is 0.0935. The molecule has 1 heterocycles. The molecule has 122 valence electrons. The van der Waals surface area contributed by atoms with E-state index in [-0.39, 0.29) is 11.9 Å². The van der Waals surface area contributed by atoms with E-state index >= 15 is 0 Å². The van der Waals surface area contributed by atoms with Gasteiger partial charge in [0.25, 0.3) is 5.91 Å². The number of nitrogens with zero attached hydrogens (tertiary/aromatic N) is 3. The van der Waals surface area contributed by atoms with Crippen molar-refractivity contribution in [3.63, 3.8) is 0 Å². The van der Waals surface area contributed by atoms with E-state index in [1.54, 1.807) is 10.9 Å². The average Bonchev–Trinajstić information content (AvgIpc) is 3.13. The zero-order valence-corrected chi connectivity index (χ0v) is 13.8. The first-order chi connectivity index (χ1) is 11.7. The second-order valence-corrected chi connectivity index (χ2v) is 5.67. The molecule has 0 fully saturated rings. The molecule has 3 rings (SSSR count). The summed E-state index contributed by atoms with van der Waals surface area (Å²) in [5.41, 5.74) is 3.49. The van der Waals surface area contributed by atoms with Crippen molar-refractivity contribution in [2.45, 2.75) is 26.3 Å². The smallest absolute Gasteiger partial charge is 0.273 e. The molecule has 0 radical (unpaired) electrons. The summed E-state index contributed by atoms with van der Waals surface area (Å²) < 4.78 is 1.61. The Morgan fingerprint density at radius 2 is 1.83 bits per heavy atom. The number of rotatable bonds is 5. The Bertz CT molecular complexity index is 809. The highest BCUT2D eigenvalue weighted by Crippen LogP contribution is 2.13. The zero-order valence-electron chi connectivity index (χ0n) is 13.8. The summed E-state index contributed by atoms with van der Waals surface area (Å²) in [5.74, 6) is -0.234. The molecule has 0 aliphatic rings. The fraction of sp³-hybridized carbons (Fsp3) is 0.211. The molecule has 1 atom stereocenters. The predicted molar refractivity (Wildman–Crippen MR) is 93.1 cm³/mol. The van der Waals surface area contributed by atoms with Gasteiger partial charge in [0, 0.05) is 0 Å². The van der Waals surface area contributed by atoms with Crippen LogP contribution in [-0.4, -0.2) is 20.9 Å². The van der Waals surface area contributed by atoms with Gasteiger partial charge in [0.05, 0.1) is 17.9 Å². The van der Waals surface area contributed by atoms with Crippen molar-refractivity contribution < 1.29 is 4.79 Å². The van der Waals surface area contributed by atoms with E-state index in [9.17, 15) is 4.79 Å². The Morgan fingerprint density at radius 3 is 2.50 bits per heavy atom. The van der Waals surface area contributed by atoms with Crippen molar-refractivity contribution in [2.24, 2.45) is 0 Å². The van der Waals surface area contributed by atoms with Crippen molar-refractivity contribution in [1.82, 2.24) is 20.3 Å². The summed E-state index contributed by atoms with van der Waals surface area (Å²) in [6.07, 6.45) is 2.64. The van der Waals surface area contributed by atoms with Crippen LogP contribution in [0.4, 0.5) is 0 Å². The van der Waals surface area contributed by atoms with Gasteiger partial charge in [0.1, 0.15) is 0 Å². The van der Waals surface area contributed by atoms with Gasteiger partial charge < -0.3 is 5.32 Å². The highest BCUT2D eigenvalue weighted by molar-refractivity contribution is 5.92. The van der Waals surface area contributed by atoms with E-state index in [2.05, 4.69) is 22.6 Å². The number of carbonyl (C=O) groups is 1. The minimum Gasteiger partial charge on any atom is -0.344 e. The fourth-order valence-electron chi connectivity index (χ4n) is 2.47. The van der Waals surface area contributed by atoms with Crippen LogP contribution in [0.1, 0.15) is 41.5 Å². The van der Waals surface area contributed by atoms with Crippen LogP contribution in [0.2, 0.25) is 0 Å². The lowest BCUT2D eigenvalue weighted by Crippen LogP contribution is -2.26. The molecule has 0 spiro atoms. The lowest BCUT2D eigenvalue weighted by atomic mass is 10.1. The van der Waals surface area contributed by atoms with Crippen LogP contribution in [0, 0.1) is 0 Å². The van der Waals surface area contributed by atoms with Crippen molar-refractivity contribution in [3.05, 3.63) is 77.6 Å². The minimum absolute atomic E-state index is 0.0901. The standard InChI is InChI=1S/C19H20N4O/c1-3-15-9-11-17(12-10-15)23-13-18(21-22-23)19(24)20-14(2)16-7-5-4-6-8-16/h4-14H,3H2,1-2H3,(H,20,24). The quantitative estimate of drug-likeness (QED) is 0.784. The Kier molecular flexibility index (Phi) is 4.70. The molecule has 0 bridgehead atoms.